The third kappa shape index (κ3) is 4.21. The molecule has 1 aliphatic heterocycles. The van der Waals surface area contributed by atoms with E-state index in [1.807, 2.05) is 6.07 Å². The number of nitrogens with zero attached hydrogens (tertiary/aromatic N) is 1. The second kappa shape index (κ2) is 8.75. The standard InChI is InChI=1S/C21H28N4O4S/c26-17(13-25-19(28)21(22-20(25)29)10-6-3-7-11-21)23-24-18(27)16-12-14-8-4-1-2-5-9-15(14)30-16/h12H,1-11,13H2,(H,22,29)(H,23,26)(H,24,27). The van der Waals surface area contributed by atoms with E-state index in [0.717, 1.165) is 49.8 Å². The Balaban J connectivity index is 1.31. The van der Waals surface area contributed by atoms with E-state index in [1.54, 1.807) is 0 Å². The van der Waals surface area contributed by atoms with E-state index in [0.29, 0.717) is 17.7 Å². The van der Waals surface area contributed by atoms with E-state index in [9.17, 15) is 19.2 Å². The van der Waals surface area contributed by atoms with Crippen molar-refractivity contribution < 1.29 is 19.2 Å². The molecule has 0 atom stereocenters. The van der Waals surface area contributed by atoms with Crippen LogP contribution in [0, 0.1) is 0 Å². The molecule has 3 N–H and O–H groups in total. The highest BCUT2D eigenvalue weighted by Crippen LogP contribution is 2.33. The van der Waals surface area contributed by atoms with Gasteiger partial charge in [0.05, 0.1) is 4.88 Å². The third-order valence-electron chi connectivity index (χ3n) is 6.29. The van der Waals surface area contributed by atoms with E-state index >= 15 is 0 Å². The van der Waals surface area contributed by atoms with Gasteiger partial charge in [-0.1, -0.05) is 32.1 Å². The quantitative estimate of drug-likeness (QED) is 0.504. The normalized spacial score (nSPS) is 20.9. The van der Waals surface area contributed by atoms with Gasteiger partial charge in [0, 0.05) is 4.88 Å². The van der Waals surface area contributed by atoms with Crippen LogP contribution in [0.3, 0.4) is 0 Å². The van der Waals surface area contributed by atoms with E-state index < -0.39 is 24.0 Å². The summed E-state index contributed by atoms with van der Waals surface area (Å²) in [6.07, 6.45) is 10.7. The van der Waals surface area contributed by atoms with Crippen LogP contribution in [-0.2, 0) is 22.4 Å². The summed E-state index contributed by atoms with van der Waals surface area (Å²) in [7, 11) is 0. The number of thiophene rings is 1. The monoisotopic (exact) mass is 432 g/mol. The van der Waals surface area contributed by atoms with Crippen LogP contribution in [0.4, 0.5) is 4.79 Å². The average molecular weight is 433 g/mol. The SMILES string of the molecule is O=C(CN1C(=O)NC2(CCCCC2)C1=O)NNC(=O)c1cc2c(s1)CCCCCC2. The maximum Gasteiger partial charge on any atom is 0.325 e. The number of hydrazine groups is 1. The smallest absolute Gasteiger partial charge is 0.323 e. The van der Waals surface area contributed by atoms with Gasteiger partial charge in [-0.05, 0) is 50.2 Å². The zero-order valence-corrected chi connectivity index (χ0v) is 17.9. The van der Waals surface area contributed by atoms with Crippen molar-refractivity contribution in [3.63, 3.8) is 0 Å². The molecule has 30 heavy (non-hydrogen) atoms. The fraction of sp³-hybridized carbons (Fsp3) is 0.619. The van der Waals surface area contributed by atoms with Gasteiger partial charge in [0.25, 0.3) is 17.7 Å². The van der Waals surface area contributed by atoms with Gasteiger partial charge in [-0.15, -0.1) is 11.3 Å². The molecule has 3 aliphatic rings. The Kier molecular flexibility index (Phi) is 6.08. The van der Waals surface area contributed by atoms with Crippen molar-refractivity contribution in [3.8, 4) is 0 Å². The van der Waals surface area contributed by atoms with E-state index in [-0.39, 0.29) is 11.8 Å². The van der Waals surface area contributed by atoms with Crippen LogP contribution < -0.4 is 16.2 Å². The number of nitrogens with one attached hydrogen (secondary N) is 3. The van der Waals surface area contributed by atoms with Crippen molar-refractivity contribution in [3.05, 3.63) is 21.4 Å². The van der Waals surface area contributed by atoms with E-state index in [4.69, 9.17) is 0 Å². The minimum Gasteiger partial charge on any atom is -0.323 e. The molecule has 2 heterocycles. The van der Waals surface area contributed by atoms with Crippen LogP contribution in [0.1, 0.15) is 77.9 Å². The number of aryl methyl sites for hydroxylation is 2. The molecule has 1 aromatic heterocycles. The lowest BCUT2D eigenvalue weighted by Crippen LogP contribution is -2.50. The number of amides is 5. The van der Waals surface area contributed by atoms with Gasteiger partial charge in [0.2, 0.25) is 0 Å². The highest BCUT2D eigenvalue weighted by molar-refractivity contribution is 7.14. The molecule has 162 valence electrons. The molecule has 1 saturated heterocycles. The molecule has 9 heteroatoms. The maximum atomic E-state index is 12.7. The lowest BCUT2D eigenvalue weighted by molar-refractivity contribution is -0.136. The van der Waals surface area contributed by atoms with Crippen molar-refractivity contribution in [2.45, 2.75) is 76.2 Å². The molecule has 0 bridgehead atoms. The molecule has 4 rings (SSSR count). The number of imide groups is 1. The summed E-state index contributed by atoms with van der Waals surface area (Å²) in [5.41, 5.74) is 5.13. The largest absolute Gasteiger partial charge is 0.325 e. The molecule has 1 saturated carbocycles. The molecule has 1 aromatic rings. The third-order valence-corrected chi connectivity index (χ3v) is 7.53. The molecule has 0 radical (unpaired) electrons. The first kappa shape index (κ1) is 20.8. The Labute approximate surface area is 179 Å². The molecule has 5 amide bonds. The van der Waals surface area contributed by atoms with Crippen LogP contribution in [0.2, 0.25) is 0 Å². The summed E-state index contributed by atoms with van der Waals surface area (Å²) in [5.74, 6) is -1.32. The van der Waals surface area contributed by atoms with Crippen LogP contribution in [0.5, 0.6) is 0 Å². The second-order valence-corrected chi connectivity index (χ2v) is 9.58. The minimum absolute atomic E-state index is 0.341. The minimum atomic E-state index is -0.855. The first-order valence-corrected chi connectivity index (χ1v) is 11.6. The van der Waals surface area contributed by atoms with Crippen LogP contribution >= 0.6 is 11.3 Å². The number of urea groups is 1. The van der Waals surface area contributed by atoms with Crippen LogP contribution in [0.15, 0.2) is 6.07 Å². The van der Waals surface area contributed by atoms with Gasteiger partial charge < -0.3 is 5.32 Å². The lowest BCUT2D eigenvalue weighted by Gasteiger charge is -2.30. The molecule has 0 unspecified atom stereocenters. The molecule has 2 fully saturated rings. The zero-order valence-electron chi connectivity index (χ0n) is 17.1. The van der Waals surface area contributed by atoms with Crippen molar-refractivity contribution in [1.29, 1.82) is 0 Å². The summed E-state index contributed by atoms with van der Waals surface area (Å²) in [6.45, 7) is -0.409. The fourth-order valence-electron chi connectivity index (χ4n) is 4.64. The Morgan fingerprint density at radius 3 is 2.47 bits per heavy atom. The van der Waals surface area contributed by atoms with Crippen molar-refractivity contribution in [2.75, 3.05) is 6.54 Å². The van der Waals surface area contributed by atoms with Crippen molar-refractivity contribution in [2.24, 2.45) is 0 Å². The Bertz CT molecular complexity index is 834. The first-order chi connectivity index (χ1) is 14.5. The van der Waals surface area contributed by atoms with Crippen LogP contribution in [0.25, 0.3) is 0 Å². The van der Waals surface area contributed by atoms with Crippen molar-refractivity contribution >= 4 is 35.1 Å². The van der Waals surface area contributed by atoms with Gasteiger partial charge in [-0.2, -0.15) is 0 Å². The molecule has 0 aromatic carbocycles. The summed E-state index contributed by atoms with van der Waals surface area (Å²) < 4.78 is 0. The molecule has 8 nitrogen and oxygen atoms in total. The number of hydrogen-bond donors (Lipinski definition) is 3. The fourth-order valence-corrected chi connectivity index (χ4v) is 5.79. The summed E-state index contributed by atoms with van der Waals surface area (Å²) in [4.78, 5) is 52.5. The highest BCUT2D eigenvalue weighted by atomic mass is 32.1. The van der Waals surface area contributed by atoms with Gasteiger partial charge in [0.1, 0.15) is 12.1 Å². The first-order valence-electron chi connectivity index (χ1n) is 10.8. The molecular formula is C21H28N4O4S. The van der Waals surface area contributed by atoms with Gasteiger partial charge in [0.15, 0.2) is 0 Å². The van der Waals surface area contributed by atoms with Crippen LogP contribution in [-0.4, -0.2) is 40.7 Å². The number of carbonyl (C=O) groups excluding carboxylic acids is 4. The van der Waals surface area contributed by atoms with E-state index in [2.05, 4.69) is 16.2 Å². The van der Waals surface area contributed by atoms with Gasteiger partial charge in [-0.25, -0.2) is 4.79 Å². The highest BCUT2D eigenvalue weighted by Gasteiger charge is 2.51. The van der Waals surface area contributed by atoms with Crippen molar-refractivity contribution in [1.82, 2.24) is 21.1 Å². The Morgan fingerprint density at radius 1 is 1.00 bits per heavy atom. The lowest BCUT2D eigenvalue weighted by atomic mass is 9.82. The predicted octanol–water partition coefficient (Wildman–Crippen LogP) is 2.42. The average Bonchev–Trinajstić information content (AvgIpc) is 3.21. The zero-order chi connectivity index (χ0) is 21.1. The maximum absolute atomic E-state index is 12.7. The van der Waals surface area contributed by atoms with Gasteiger partial charge >= 0.3 is 6.03 Å². The predicted molar refractivity (Wildman–Crippen MR) is 112 cm³/mol. The number of carbonyl (C=O) groups is 4. The number of hydrogen-bond acceptors (Lipinski definition) is 5. The molecular weight excluding hydrogens is 404 g/mol. The van der Waals surface area contributed by atoms with E-state index in [1.165, 1.54) is 34.6 Å². The molecule has 1 spiro atoms. The summed E-state index contributed by atoms with van der Waals surface area (Å²) in [5, 5.41) is 2.77. The summed E-state index contributed by atoms with van der Waals surface area (Å²) >= 11 is 1.47. The number of fused-ring (bicyclic) bond motifs is 1. The number of rotatable bonds is 3. The van der Waals surface area contributed by atoms with Gasteiger partial charge in [-0.3, -0.25) is 30.1 Å². The second-order valence-electron chi connectivity index (χ2n) is 8.44. The topological polar surface area (TPSA) is 108 Å². The Morgan fingerprint density at radius 2 is 1.70 bits per heavy atom. The molecule has 2 aliphatic carbocycles. The summed E-state index contributed by atoms with van der Waals surface area (Å²) in [6, 6.07) is 1.37. The Hall–Kier alpha value is -2.42.